The zero-order chi connectivity index (χ0) is 18.5. The first-order valence-electron chi connectivity index (χ1n) is 10.1. The van der Waals surface area contributed by atoms with Gasteiger partial charge >= 0.3 is 0 Å². The van der Waals surface area contributed by atoms with E-state index in [1.807, 2.05) is 6.07 Å². The largest absolute Gasteiger partial charge is 0.393 e. The van der Waals surface area contributed by atoms with E-state index in [0.29, 0.717) is 6.04 Å². The van der Waals surface area contributed by atoms with Gasteiger partial charge < -0.3 is 20.5 Å². The second kappa shape index (κ2) is 15.1. The summed E-state index contributed by atoms with van der Waals surface area (Å²) in [5.74, 6) is 0.902. The van der Waals surface area contributed by atoms with E-state index in [1.54, 1.807) is 0 Å². The van der Waals surface area contributed by atoms with Crippen LogP contribution in [0.5, 0.6) is 0 Å². The molecule has 0 amide bonds. The lowest BCUT2D eigenvalue weighted by Gasteiger charge is -2.27. The Bertz CT molecular complexity index is 505. The summed E-state index contributed by atoms with van der Waals surface area (Å²) in [7, 11) is 0. The van der Waals surface area contributed by atoms with Crippen LogP contribution in [0.2, 0.25) is 0 Å². The molecule has 0 unspecified atom stereocenters. The van der Waals surface area contributed by atoms with Gasteiger partial charge in [-0.25, -0.2) is 0 Å². The SMILES string of the molecule is CCNC(=NCCCCOCCc1ccccc1)NC1CCC(O)CC1.I. The van der Waals surface area contributed by atoms with Crippen molar-refractivity contribution in [2.24, 2.45) is 4.99 Å². The smallest absolute Gasteiger partial charge is 0.191 e. The number of aliphatic hydroxyl groups is 1. The molecular weight excluding hydrogens is 453 g/mol. The average Bonchev–Trinajstić information content (AvgIpc) is 2.66. The second-order valence-corrected chi connectivity index (χ2v) is 6.97. The molecule has 154 valence electrons. The summed E-state index contributed by atoms with van der Waals surface area (Å²) in [5, 5.41) is 16.4. The first-order chi connectivity index (χ1) is 12.8. The van der Waals surface area contributed by atoms with Gasteiger partial charge in [0.2, 0.25) is 0 Å². The molecule has 27 heavy (non-hydrogen) atoms. The number of ether oxygens (including phenoxy) is 1. The third kappa shape index (κ3) is 10.9. The van der Waals surface area contributed by atoms with E-state index in [0.717, 1.165) is 77.2 Å². The summed E-state index contributed by atoms with van der Waals surface area (Å²) in [4.78, 5) is 4.67. The fourth-order valence-corrected chi connectivity index (χ4v) is 3.18. The molecule has 1 saturated carbocycles. The number of aliphatic imine (C=N–C) groups is 1. The maximum atomic E-state index is 9.61. The summed E-state index contributed by atoms with van der Waals surface area (Å²) in [6.45, 7) is 5.34. The Balaban J connectivity index is 0.00000364. The van der Waals surface area contributed by atoms with Gasteiger partial charge in [0, 0.05) is 25.7 Å². The molecule has 1 aliphatic carbocycles. The molecule has 1 aliphatic rings. The standard InChI is InChI=1S/C21H35N3O2.HI/c1-2-22-21(24-19-10-12-20(25)13-11-19)23-15-6-7-16-26-17-14-18-8-4-3-5-9-18;/h3-5,8-9,19-20,25H,2,6-7,10-17H2,1H3,(H2,22,23,24);1H. The van der Waals surface area contributed by atoms with Gasteiger partial charge in [-0.2, -0.15) is 0 Å². The Morgan fingerprint density at radius 1 is 1.11 bits per heavy atom. The Kier molecular flexibility index (Phi) is 13.5. The fraction of sp³-hybridized carbons (Fsp3) is 0.667. The highest BCUT2D eigenvalue weighted by atomic mass is 127. The predicted octanol–water partition coefficient (Wildman–Crippen LogP) is 3.50. The number of aliphatic hydroxyl groups excluding tert-OH is 1. The summed E-state index contributed by atoms with van der Waals surface area (Å²) < 4.78 is 5.72. The van der Waals surface area contributed by atoms with Crippen LogP contribution in [0.15, 0.2) is 35.3 Å². The van der Waals surface area contributed by atoms with Crippen molar-refractivity contribution < 1.29 is 9.84 Å². The van der Waals surface area contributed by atoms with Crippen molar-refractivity contribution in [3.8, 4) is 0 Å². The third-order valence-electron chi connectivity index (χ3n) is 4.73. The summed E-state index contributed by atoms with van der Waals surface area (Å²) in [5.41, 5.74) is 1.33. The van der Waals surface area contributed by atoms with Crippen LogP contribution in [0.3, 0.4) is 0 Å². The van der Waals surface area contributed by atoms with Gasteiger partial charge in [0.25, 0.3) is 0 Å². The Hall–Kier alpha value is -0.860. The van der Waals surface area contributed by atoms with Gasteiger partial charge in [-0.1, -0.05) is 30.3 Å². The highest BCUT2D eigenvalue weighted by Crippen LogP contribution is 2.18. The van der Waals surface area contributed by atoms with Gasteiger partial charge in [0.15, 0.2) is 5.96 Å². The Morgan fingerprint density at radius 2 is 1.85 bits per heavy atom. The van der Waals surface area contributed by atoms with Gasteiger partial charge in [0.1, 0.15) is 0 Å². The molecule has 0 heterocycles. The number of hydrogen-bond acceptors (Lipinski definition) is 3. The monoisotopic (exact) mass is 489 g/mol. The normalized spacial score (nSPS) is 20.0. The molecule has 5 nitrogen and oxygen atoms in total. The van der Waals surface area contributed by atoms with Crippen LogP contribution < -0.4 is 10.6 Å². The van der Waals surface area contributed by atoms with Gasteiger partial charge in [-0.15, -0.1) is 24.0 Å². The van der Waals surface area contributed by atoms with Crippen molar-refractivity contribution >= 4 is 29.9 Å². The summed E-state index contributed by atoms with van der Waals surface area (Å²) in [6.07, 6.45) is 6.73. The molecule has 2 rings (SSSR count). The molecule has 1 aromatic rings. The summed E-state index contributed by atoms with van der Waals surface area (Å²) >= 11 is 0. The summed E-state index contributed by atoms with van der Waals surface area (Å²) in [6, 6.07) is 10.9. The number of halogens is 1. The zero-order valence-corrected chi connectivity index (χ0v) is 18.9. The molecule has 0 bridgehead atoms. The van der Waals surface area contributed by atoms with E-state index in [-0.39, 0.29) is 30.1 Å². The highest BCUT2D eigenvalue weighted by molar-refractivity contribution is 14.0. The molecule has 1 fully saturated rings. The maximum absolute atomic E-state index is 9.61. The van der Waals surface area contributed by atoms with E-state index in [4.69, 9.17) is 4.74 Å². The molecule has 6 heteroatoms. The van der Waals surface area contributed by atoms with Crippen molar-refractivity contribution in [3.63, 3.8) is 0 Å². The lowest BCUT2D eigenvalue weighted by atomic mass is 9.93. The van der Waals surface area contributed by atoms with Crippen molar-refractivity contribution in [2.45, 2.75) is 64.0 Å². The van der Waals surface area contributed by atoms with Crippen LogP contribution in [-0.4, -0.2) is 49.5 Å². The van der Waals surface area contributed by atoms with Crippen LogP contribution in [0.4, 0.5) is 0 Å². The molecule has 0 atom stereocenters. The topological polar surface area (TPSA) is 65.9 Å². The average molecular weight is 489 g/mol. The van der Waals surface area contributed by atoms with Gasteiger partial charge in [-0.05, 0) is 57.4 Å². The van der Waals surface area contributed by atoms with E-state index >= 15 is 0 Å². The number of nitrogens with zero attached hydrogens (tertiary/aromatic N) is 1. The number of hydrogen-bond donors (Lipinski definition) is 3. The number of nitrogens with one attached hydrogen (secondary N) is 2. The van der Waals surface area contributed by atoms with Gasteiger partial charge in [-0.3, -0.25) is 4.99 Å². The Morgan fingerprint density at radius 3 is 2.56 bits per heavy atom. The number of benzene rings is 1. The predicted molar refractivity (Wildman–Crippen MR) is 123 cm³/mol. The van der Waals surface area contributed by atoms with Gasteiger partial charge in [0.05, 0.1) is 12.7 Å². The fourth-order valence-electron chi connectivity index (χ4n) is 3.18. The minimum Gasteiger partial charge on any atom is -0.393 e. The first-order valence-corrected chi connectivity index (χ1v) is 10.1. The Labute approximate surface area is 181 Å². The molecule has 0 aromatic heterocycles. The van der Waals surface area contributed by atoms with Crippen molar-refractivity contribution in [1.29, 1.82) is 0 Å². The van der Waals surface area contributed by atoms with Crippen LogP contribution in [-0.2, 0) is 11.2 Å². The number of rotatable bonds is 10. The molecule has 0 saturated heterocycles. The molecule has 3 N–H and O–H groups in total. The number of guanidine groups is 1. The lowest BCUT2D eigenvalue weighted by Crippen LogP contribution is -2.45. The van der Waals surface area contributed by atoms with Crippen LogP contribution in [0.1, 0.15) is 51.0 Å². The van der Waals surface area contributed by atoms with Crippen molar-refractivity contribution in [1.82, 2.24) is 10.6 Å². The van der Waals surface area contributed by atoms with E-state index in [9.17, 15) is 5.11 Å². The van der Waals surface area contributed by atoms with E-state index in [1.165, 1.54) is 5.56 Å². The van der Waals surface area contributed by atoms with Crippen LogP contribution in [0.25, 0.3) is 0 Å². The first kappa shape index (κ1) is 24.2. The zero-order valence-electron chi connectivity index (χ0n) is 16.5. The molecule has 0 spiro atoms. The molecule has 0 aliphatic heterocycles. The maximum Gasteiger partial charge on any atom is 0.191 e. The number of unbranched alkanes of at least 4 members (excludes halogenated alkanes) is 1. The molecule has 1 aromatic carbocycles. The van der Waals surface area contributed by atoms with Crippen LogP contribution >= 0.6 is 24.0 Å². The quantitative estimate of drug-likeness (QED) is 0.204. The lowest BCUT2D eigenvalue weighted by molar-refractivity contribution is 0.120. The highest BCUT2D eigenvalue weighted by Gasteiger charge is 2.19. The van der Waals surface area contributed by atoms with E-state index < -0.39 is 0 Å². The third-order valence-corrected chi connectivity index (χ3v) is 4.73. The minimum absolute atomic E-state index is 0. The molecular formula is C21H36IN3O2. The minimum atomic E-state index is -0.116. The van der Waals surface area contributed by atoms with Crippen molar-refractivity contribution in [2.75, 3.05) is 26.3 Å². The molecule has 0 radical (unpaired) electrons. The van der Waals surface area contributed by atoms with Crippen molar-refractivity contribution in [3.05, 3.63) is 35.9 Å². The van der Waals surface area contributed by atoms with E-state index in [2.05, 4.69) is 46.8 Å². The van der Waals surface area contributed by atoms with Crippen LogP contribution in [0, 0.1) is 0 Å². The second-order valence-electron chi connectivity index (χ2n) is 6.97.